The Balaban J connectivity index is 1.34. The molecule has 0 N–H and O–H groups in total. The zero-order valence-corrected chi connectivity index (χ0v) is 18.6. The van der Waals surface area contributed by atoms with Gasteiger partial charge in [-0.25, -0.2) is 0 Å². The van der Waals surface area contributed by atoms with Gasteiger partial charge in [-0.15, -0.1) is 0 Å². The monoisotopic (exact) mass is 405 g/mol. The highest BCUT2D eigenvalue weighted by Gasteiger charge is 2.38. The van der Waals surface area contributed by atoms with E-state index in [1.807, 2.05) is 0 Å². The fourth-order valence-corrected chi connectivity index (χ4v) is 4.72. The Bertz CT molecular complexity index is 777. The standard InChI is InChI=1S/C26H35N3O/c1-26(2,3)18-24(30)28-16-14-27(15-17-28)23-19-29(20-23)25(21-10-6-4-7-11-21)22-12-8-5-9-13-22/h4-13,23,25H,14-20H2,1-3H3. The molecule has 160 valence electrons. The second-order valence-corrected chi connectivity index (χ2v) is 9.99. The van der Waals surface area contributed by atoms with Crippen molar-refractivity contribution < 1.29 is 4.79 Å². The van der Waals surface area contributed by atoms with E-state index in [1.54, 1.807) is 0 Å². The largest absolute Gasteiger partial charge is 0.340 e. The summed E-state index contributed by atoms with van der Waals surface area (Å²) in [5.41, 5.74) is 2.78. The van der Waals surface area contributed by atoms with Gasteiger partial charge in [-0.1, -0.05) is 81.4 Å². The van der Waals surface area contributed by atoms with Crippen molar-refractivity contribution in [2.45, 2.75) is 39.3 Å². The van der Waals surface area contributed by atoms with Gasteiger partial charge in [0.2, 0.25) is 5.91 Å². The van der Waals surface area contributed by atoms with Crippen molar-refractivity contribution in [3.8, 4) is 0 Å². The number of piperazine rings is 1. The predicted molar refractivity (Wildman–Crippen MR) is 122 cm³/mol. The molecule has 2 aliphatic heterocycles. The van der Waals surface area contributed by atoms with Crippen LogP contribution in [0.1, 0.15) is 44.4 Å². The lowest BCUT2D eigenvalue weighted by atomic mass is 9.91. The zero-order chi connectivity index (χ0) is 21.1. The molecule has 30 heavy (non-hydrogen) atoms. The SMILES string of the molecule is CC(C)(C)CC(=O)N1CCN(C2CN(C(c3ccccc3)c3ccccc3)C2)CC1. The van der Waals surface area contributed by atoms with Crippen LogP contribution in [0.4, 0.5) is 0 Å². The molecule has 4 heteroatoms. The third-order valence-electron chi connectivity index (χ3n) is 6.35. The molecule has 0 saturated carbocycles. The highest BCUT2D eigenvalue weighted by molar-refractivity contribution is 5.76. The maximum atomic E-state index is 12.5. The molecule has 0 bridgehead atoms. The first-order chi connectivity index (χ1) is 14.4. The Hall–Kier alpha value is -2.17. The second kappa shape index (κ2) is 8.91. The van der Waals surface area contributed by atoms with Crippen LogP contribution >= 0.6 is 0 Å². The van der Waals surface area contributed by atoms with Crippen LogP contribution in [-0.4, -0.2) is 65.9 Å². The highest BCUT2D eigenvalue weighted by atomic mass is 16.2. The number of hydrogen-bond acceptors (Lipinski definition) is 3. The fourth-order valence-electron chi connectivity index (χ4n) is 4.72. The molecule has 2 heterocycles. The van der Waals surface area contributed by atoms with Gasteiger partial charge in [0.25, 0.3) is 0 Å². The van der Waals surface area contributed by atoms with Crippen molar-refractivity contribution in [1.29, 1.82) is 0 Å². The molecule has 0 atom stereocenters. The first-order valence-electron chi connectivity index (χ1n) is 11.3. The Labute approximate surface area is 181 Å². The van der Waals surface area contributed by atoms with Crippen LogP contribution in [-0.2, 0) is 4.79 Å². The van der Waals surface area contributed by atoms with Gasteiger partial charge >= 0.3 is 0 Å². The summed E-state index contributed by atoms with van der Waals surface area (Å²) in [6.07, 6.45) is 0.639. The molecule has 0 aromatic heterocycles. The van der Waals surface area contributed by atoms with E-state index in [2.05, 4.69) is 96.1 Å². The van der Waals surface area contributed by atoms with Gasteiger partial charge in [-0.2, -0.15) is 0 Å². The fraction of sp³-hybridized carbons (Fsp3) is 0.500. The quantitative estimate of drug-likeness (QED) is 0.751. The maximum Gasteiger partial charge on any atom is 0.223 e. The molecule has 4 nitrogen and oxygen atoms in total. The third kappa shape index (κ3) is 4.93. The Morgan fingerprint density at radius 1 is 0.867 bits per heavy atom. The van der Waals surface area contributed by atoms with Crippen LogP contribution < -0.4 is 0 Å². The number of amides is 1. The normalized spacial score (nSPS) is 19.1. The molecule has 1 amide bonds. The molecule has 4 rings (SSSR count). The molecule has 2 saturated heterocycles. The van der Waals surface area contributed by atoms with Crippen molar-refractivity contribution in [2.24, 2.45) is 5.41 Å². The van der Waals surface area contributed by atoms with E-state index in [4.69, 9.17) is 0 Å². The molecular weight excluding hydrogens is 370 g/mol. The summed E-state index contributed by atoms with van der Waals surface area (Å²) >= 11 is 0. The lowest BCUT2D eigenvalue weighted by molar-refractivity contribution is -0.135. The number of carbonyl (C=O) groups is 1. The minimum Gasteiger partial charge on any atom is -0.340 e. The summed E-state index contributed by atoms with van der Waals surface area (Å²) in [6, 6.07) is 22.6. The summed E-state index contributed by atoms with van der Waals surface area (Å²) in [4.78, 5) is 19.8. The van der Waals surface area contributed by atoms with E-state index in [-0.39, 0.29) is 5.41 Å². The molecule has 2 aromatic rings. The summed E-state index contributed by atoms with van der Waals surface area (Å²) in [5, 5.41) is 0. The van der Waals surface area contributed by atoms with Crippen molar-refractivity contribution in [3.05, 3.63) is 71.8 Å². The second-order valence-electron chi connectivity index (χ2n) is 9.99. The summed E-state index contributed by atoms with van der Waals surface area (Å²) in [6.45, 7) is 12.3. The molecule has 2 aromatic carbocycles. The summed E-state index contributed by atoms with van der Waals surface area (Å²) in [5.74, 6) is 0.311. The molecule has 2 aliphatic rings. The predicted octanol–water partition coefficient (Wildman–Crippen LogP) is 4.04. The van der Waals surface area contributed by atoms with Crippen molar-refractivity contribution in [1.82, 2.24) is 14.7 Å². The van der Waals surface area contributed by atoms with E-state index in [1.165, 1.54) is 11.1 Å². The molecule has 0 unspecified atom stereocenters. The highest BCUT2D eigenvalue weighted by Crippen LogP contribution is 2.33. The average Bonchev–Trinajstić information content (AvgIpc) is 2.70. The van der Waals surface area contributed by atoms with E-state index in [0.29, 0.717) is 24.4 Å². The Kier molecular flexibility index (Phi) is 6.26. The van der Waals surface area contributed by atoms with Crippen LogP contribution in [0.3, 0.4) is 0 Å². The third-order valence-corrected chi connectivity index (χ3v) is 6.35. The number of carbonyl (C=O) groups excluding carboxylic acids is 1. The van der Waals surface area contributed by atoms with Crippen LogP contribution in [0.2, 0.25) is 0 Å². The smallest absolute Gasteiger partial charge is 0.223 e. The lowest BCUT2D eigenvalue weighted by Crippen LogP contribution is -2.64. The van der Waals surface area contributed by atoms with Crippen LogP contribution in [0, 0.1) is 5.41 Å². The van der Waals surface area contributed by atoms with Crippen molar-refractivity contribution in [2.75, 3.05) is 39.3 Å². The van der Waals surface area contributed by atoms with Crippen LogP contribution in [0.25, 0.3) is 0 Å². The van der Waals surface area contributed by atoms with Crippen molar-refractivity contribution >= 4 is 5.91 Å². The van der Waals surface area contributed by atoms with E-state index in [0.717, 1.165) is 39.3 Å². The van der Waals surface area contributed by atoms with Gasteiger partial charge in [0.15, 0.2) is 0 Å². The van der Waals surface area contributed by atoms with Gasteiger partial charge in [0.05, 0.1) is 6.04 Å². The summed E-state index contributed by atoms with van der Waals surface area (Å²) in [7, 11) is 0. The van der Waals surface area contributed by atoms with Crippen LogP contribution in [0.5, 0.6) is 0 Å². The van der Waals surface area contributed by atoms with Gasteiger partial charge in [-0.3, -0.25) is 14.6 Å². The lowest BCUT2D eigenvalue weighted by Gasteiger charge is -2.51. The molecule has 0 aliphatic carbocycles. The molecular formula is C26H35N3O. The summed E-state index contributed by atoms with van der Waals surface area (Å²) < 4.78 is 0. The number of hydrogen-bond donors (Lipinski definition) is 0. The number of rotatable bonds is 5. The maximum absolute atomic E-state index is 12.5. The zero-order valence-electron chi connectivity index (χ0n) is 18.6. The van der Waals surface area contributed by atoms with Gasteiger partial charge in [0, 0.05) is 51.7 Å². The van der Waals surface area contributed by atoms with E-state index < -0.39 is 0 Å². The van der Waals surface area contributed by atoms with Gasteiger partial charge in [-0.05, 0) is 16.5 Å². The number of nitrogens with zero attached hydrogens (tertiary/aromatic N) is 3. The van der Waals surface area contributed by atoms with E-state index >= 15 is 0 Å². The van der Waals surface area contributed by atoms with Crippen molar-refractivity contribution in [3.63, 3.8) is 0 Å². The average molecular weight is 406 g/mol. The molecule has 0 radical (unpaired) electrons. The number of likely N-dealkylation sites (tertiary alicyclic amines) is 1. The van der Waals surface area contributed by atoms with Gasteiger partial charge in [0.1, 0.15) is 0 Å². The minimum absolute atomic E-state index is 0.0621. The molecule has 2 fully saturated rings. The minimum atomic E-state index is 0.0621. The first-order valence-corrected chi connectivity index (χ1v) is 11.3. The number of benzene rings is 2. The molecule has 0 spiro atoms. The Morgan fingerprint density at radius 2 is 1.37 bits per heavy atom. The Morgan fingerprint density at radius 3 is 1.83 bits per heavy atom. The van der Waals surface area contributed by atoms with Gasteiger partial charge < -0.3 is 4.90 Å². The van der Waals surface area contributed by atoms with E-state index in [9.17, 15) is 4.79 Å². The first kappa shape index (κ1) is 21.1. The topological polar surface area (TPSA) is 26.8 Å². The van der Waals surface area contributed by atoms with Crippen LogP contribution in [0.15, 0.2) is 60.7 Å².